The molecule has 1 aromatic carbocycles. The maximum absolute atomic E-state index is 12.9. The summed E-state index contributed by atoms with van der Waals surface area (Å²) in [4.78, 5) is 46.8. The van der Waals surface area contributed by atoms with Crippen LogP contribution in [0, 0.1) is 11.1 Å². The highest BCUT2D eigenvalue weighted by molar-refractivity contribution is 5.77. The molecule has 2 bridgehead atoms. The zero-order valence-electron chi connectivity index (χ0n) is 17.9. The summed E-state index contributed by atoms with van der Waals surface area (Å²) in [6.45, 7) is 1.48. The second-order valence-electron chi connectivity index (χ2n) is 8.81. The third-order valence-electron chi connectivity index (χ3n) is 6.61. The molecular formula is C23H24N5O5-. The summed E-state index contributed by atoms with van der Waals surface area (Å²) in [6, 6.07) is 10.2. The van der Waals surface area contributed by atoms with Crippen LogP contribution in [-0.4, -0.2) is 43.6 Å². The predicted molar refractivity (Wildman–Crippen MR) is 121 cm³/mol. The van der Waals surface area contributed by atoms with Crippen molar-refractivity contribution in [1.82, 2.24) is 19.4 Å². The fourth-order valence-electron chi connectivity index (χ4n) is 5.10. The zero-order valence-corrected chi connectivity index (χ0v) is 17.9. The molecule has 172 valence electrons. The lowest BCUT2D eigenvalue weighted by atomic mass is 9.83. The smallest absolute Gasteiger partial charge is 0.275 e. The van der Waals surface area contributed by atoms with Gasteiger partial charge < -0.3 is 24.9 Å². The largest absolute Gasteiger partial charge is 0.733 e. The minimum atomic E-state index is -0.503. The molecule has 0 spiro atoms. The van der Waals surface area contributed by atoms with Gasteiger partial charge in [0.1, 0.15) is 11.5 Å². The minimum absolute atomic E-state index is 0.0144. The molecule has 5 rings (SSSR count). The van der Waals surface area contributed by atoms with Gasteiger partial charge in [0.15, 0.2) is 0 Å². The molecule has 10 heteroatoms. The third-order valence-corrected chi connectivity index (χ3v) is 6.61. The number of hydrogen-bond acceptors (Lipinski definition) is 7. The van der Waals surface area contributed by atoms with Crippen molar-refractivity contribution < 1.29 is 10.0 Å². The third kappa shape index (κ3) is 4.03. The van der Waals surface area contributed by atoms with Crippen molar-refractivity contribution in [3.63, 3.8) is 0 Å². The molecule has 4 heterocycles. The Morgan fingerprint density at radius 1 is 1.18 bits per heavy atom. The molecular weight excluding hydrogens is 426 g/mol. The van der Waals surface area contributed by atoms with Crippen molar-refractivity contribution in [2.24, 2.45) is 5.92 Å². The number of amides is 1. The number of pyridine rings is 1. The summed E-state index contributed by atoms with van der Waals surface area (Å²) in [6.07, 6.45) is 2.30. The number of likely N-dealkylation sites (tertiary alicyclic amines) is 1. The molecule has 0 aliphatic carbocycles. The number of piperidine rings is 1. The first-order chi connectivity index (χ1) is 15.9. The Hall–Kier alpha value is -3.50. The van der Waals surface area contributed by atoms with Gasteiger partial charge in [-0.1, -0.05) is 12.1 Å². The number of H-pyrrole nitrogens is 1. The van der Waals surface area contributed by atoms with Gasteiger partial charge in [0, 0.05) is 44.1 Å². The topological polar surface area (TPSA) is 135 Å². The average Bonchev–Trinajstić information content (AvgIpc) is 2.79. The van der Waals surface area contributed by atoms with Gasteiger partial charge in [0.05, 0.1) is 10.9 Å². The quantitative estimate of drug-likeness (QED) is 0.566. The first-order valence-electron chi connectivity index (χ1n) is 11.1. The molecule has 0 saturated carbocycles. The van der Waals surface area contributed by atoms with Crippen LogP contribution in [0.4, 0.5) is 5.69 Å². The van der Waals surface area contributed by atoms with Crippen molar-refractivity contribution in [1.29, 1.82) is 0 Å². The number of carbonyl (C=O) groups is 1. The van der Waals surface area contributed by atoms with E-state index in [0.717, 1.165) is 12.1 Å². The summed E-state index contributed by atoms with van der Waals surface area (Å²) in [7, 11) is 0. The van der Waals surface area contributed by atoms with E-state index in [9.17, 15) is 19.6 Å². The number of fused-ring (bicyclic) bond motifs is 5. The number of aromatic nitrogens is 3. The van der Waals surface area contributed by atoms with Crippen molar-refractivity contribution in [3.8, 4) is 0 Å². The Morgan fingerprint density at radius 3 is 2.82 bits per heavy atom. The number of hydrogen-bond donors (Lipinski definition) is 2. The number of nitrogens with one attached hydrogen (secondary N) is 1. The fraction of sp³-hybridized carbons (Fsp3) is 0.391. The predicted octanol–water partition coefficient (Wildman–Crippen LogP) is 1.75. The van der Waals surface area contributed by atoms with E-state index in [-0.39, 0.29) is 29.0 Å². The molecule has 2 aromatic heterocycles. The maximum atomic E-state index is 12.9. The number of carbonyl (C=O) groups excluding carboxylic acids is 1. The van der Waals surface area contributed by atoms with Crippen LogP contribution in [0.2, 0.25) is 0 Å². The number of anilines is 1. The summed E-state index contributed by atoms with van der Waals surface area (Å²) in [5.41, 5.74) is 0.453. The Labute approximate surface area is 188 Å². The number of nitrogens with zero attached hydrogens (tertiary/aromatic N) is 4. The monoisotopic (exact) mass is 450 g/mol. The van der Waals surface area contributed by atoms with Gasteiger partial charge in [0.2, 0.25) is 5.91 Å². The van der Waals surface area contributed by atoms with E-state index in [2.05, 4.69) is 9.97 Å². The van der Waals surface area contributed by atoms with E-state index in [4.69, 9.17) is 5.21 Å². The molecule has 33 heavy (non-hydrogen) atoms. The van der Waals surface area contributed by atoms with Crippen LogP contribution >= 0.6 is 0 Å². The van der Waals surface area contributed by atoms with Crippen LogP contribution in [0.5, 0.6) is 0 Å². The lowest BCUT2D eigenvalue weighted by Crippen LogP contribution is -2.49. The summed E-state index contributed by atoms with van der Waals surface area (Å²) in [5.74, 6) is 0.745. The molecule has 10 nitrogen and oxygen atoms in total. The van der Waals surface area contributed by atoms with Crippen LogP contribution in [0.3, 0.4) is 0 Å². The zero-order chi connectivity index (χ0) is 23.1. The SMILES string of the molecule is O=C(CCCc1nc2ccccc2c(=O)[nH]1)N1C[C@@H]2C[C@@H](C1)c1ccc(N([O-])O)c(=O)n1C2. The number of aromatic amines is 1. The molecule has 0 unspecified atom stereocenters. The van der Waals surface area contributed by atoms with Crippen molar-refractivity contribution >= 4 is 22.5 Å². The summed E-state index contributed by atoms with van der Waals surface area (Å²) >= 11 is 0. The highest BCUT2D eigenvalue weighted by Gasteiger charge is 2.36. The number of para-hydroxylation sites is 1. The highest BCUT2D eigenvalue weighted by Crippen LogP contribution is 2.35. The Bertz CT molecular complexity index is 1330. The molecule has 2 N–H and O–H groups in total. The number of rotatable bonds is 5. The van der Waals surface area contributed by atoms with E-state index in [0.29, 0.717) is 55.6 Å². The Kier molecular flexibility index (Phi) is 5.47. The van der Waals surface area contributed by atoms with Gasteiger partial charge in [-0.05, 0) is 43.0 Å². The van der Waals surface area contributed by atoms with E-state index < -0.39 is 10.8 Å². The van der Waals surface area contributed by atoms with E-state index >= 15 is 0 Å². The van der Waals surface area contributed by atoms with Gasteiger partial charge >= 0.3 is 0 Å². The molecule has 2 aliphatic heterocycles. The van der Waals surface area contributed by atoms with Crippen molar-refractivity contribution in [2.45, 2.75) is 38.1 Å². The second kappa shape index (κ2) is 8.45. The van der Waals surface area contributed by atoms with Crippen LogP contribution in [0.1, 0.15) is 36.7 Å². The van der Waals surface area contributed by atoms with Crippen LogP contribution < -0.4 is 16.3 Å². The van der Waals surface area contributed by atoms with E-state index in [1.165, 1.54) is 6.07 Å². The summed E-state index contributed by atoms with van der Waals surface area (Å²) in [5, 5.41) is 20.5. The van der Waals surface area contributed by atoms with Crippen LogP contribution in [-0.2, 0) is 17.8 Å². The van der Waals surface area contributed by atoms with Crippen molar-refractivity contribution in [3.05, 3.63) is 73.8 Å². The van der Waals surface area contributed by atoms with Crippen molar-refractivity contribution in [2.75, 3.05) is 18.3 Å². The average molecular weight is 450 g/mol. The Morgan fingerprint density at radius 2 is 2.00 bits per heavy atom. The lowest BCUT2D eigenvalue weighted by molar-refractivity contribution is -0.134. The molecule has 1 saturated heterocycles. The molecule has 0 radical (unpaired) electrons. The first kappa shape index (κ1) is 21.4. The number of benzene rings is 1. The molecule has 1 amide bonds. The fourth-order valence-corrected chi connectivity index (χ4v) is 5.10. The number of aryl methyl sites for hydroxylation is 1. The molecule has 1 fully saturated rings. The Balaban J connectivity index is 1.24. The normalized spacial score (nSPS) is 19.4. The van der Waals surface area contributed by atoms with Gasteiger partial charge in [0.25, 0.3) is 11.1 Å². The van der Waals surface area contributed by atoms with Gasteiger partial charge in [-0.3, -0.25) is 19.6 Å². The first-order valence-corrected chi connectivity index (χ1v) is 11.1. The highest BCUT2D eigenvalue weighted by atomic mass is 16.8. The van der Waals surface area contributed by atoms with Crippen LogP contribution in [0.15, 0.2) is 46.0 Å². The summed E-state index contributed by atoms with van der Waals surface area (Å²) < 4.78 is 1.55. The van der Waals surface area contributed by atoms with Gasteiger partial charge in [-0.25, -0.2) is 4.98 Å². The second-order valence-corrected chi connectivity index (χ2v) is 8.81. The van der Waals surface area contributed by atoms with Crippen LogP contribution in [0.25, 0.3) is 10.9 Å². The standard InChI is InChI=1S/C23H24N5O5/c29-21(7-3-6-20-24-17-5-2-1-4-16(17)22(30)25-20)26-11-14-10-15(13-26)18-8-9-19(28(32)33)23(31)27(18)12-14/h1-2,4-5,8-9,14-15,32H,3,6-7,10-13H2,(H,24,25,30)/q-1/t14-,15-/m0/s1. The van der Waals surface area contributed by atoms with Gasteiger partial charge in [-0.15, -0.1) is 0 Å². The van der Waals surface area contributed by atoms with Gasteiger partial charge in [-0.2, -0.15) is 0 Å². The molecule has 2 atom stereocenters. The van der Waals surface area contributed by atoms with E-state index in [1.807, 2.05) is 11.0 Å². The molecule has 2 aliphatic rings. The maximum Gasteiger partial charge on any atom is 0.275 e. The van der Waals surface area contributed by atoms with E-state index in [1.54, 1.807) is 28.8 Å². The molecule has 3 aromatic rings. The lowest BCUT2D eigenvalue weighted by Gasteiger charge is -2.43. The minimum Gasteiger partial charge on any atom is -0.733 e.